The summed E-state index contributed by atoms with van der Waals surface area (Å²) in [7, 11) is 0. The fourth-order valence-corrected chi connectivity index (χ4v) is 3.34. The number of hydrogen-bond donors (Lipinski definition) is 1. The predicted octanol–water partition coefficient (Wildman–Crippen LogP) is 6.46. The van der Waals surface area contributed by atoms with E-state index in [0.29, 0.717) is 27.1 Å². The number of H-pyrrole nitrogens is 1. The smallest absolute Gasteiger partial charge is 0.288 e. The highest BCUT2D eigenvalue weighted by molar-refractivity contribution is 6.36. The van der Waals surface area contributed by atoms with Crippen LogP contribution < -0.4 is 5.56 Å². The quantitative estimate of drug-likeness (QED) is 0.212. The van der Waals surface area contributed by atoms with E-state index in [-0.39, 0.29) is 11.4 Å². The van der Waals surface area contributed by atoms with E-state index in [4.69, 9.17) is 23.2 Å². The third kappa shape index (κ3) is 4.25. The van der Waals surface area contributed by atoms with Crippen molar-refractivity contribution < 1.29 is 4.92 Å². The van der Waals surface area contributed by atoms with Gasteiger partial charge in [-0.25, -0.2) is 4.68 Å². The third-order valence-electron chi connectivity index (χ3n) is 4.41. The number of nitro groups is 1. The first-order chi connectivity index (χ1) is 14.9. The van der Waals surface area contributed by atoms with Crippen LogP contribution in [0.5, 0.6) is 0 Å². The topological polar surface area (TPSA) is 106 Å². The van der Waals surface area contributed by atoms with Gasteiger partial charge in [-0.3, -0.25) is 20.0 Å². The summed E-state index contributed by atoms with van der Waals surface area (Å²) in [6.07, 6.45) is 0. The Kier molecular flexibility index (Phi) is 5.66. The van der Waals surface area contributed by atoms with Crippen molar-refractivity contribution in [1.29, 1.82) is 0 Å². The first-order valence-electron chi connectivity index (χ1n) is 8.96. The van der Waals surface area contributed by atoms with E-state index >= 15 is 0 Å². The molecule has 0 saturated carbocycles. The van der Waals surface area contributed by atoms with Crippen molar-refractivity contribution >= 4 is 40.3 Å². The molecule has 4 rings (SSSR count). The highest BCUT2D eigenvalue weighted by Gasteiger charge is 2.18. The van der Waals surface area contributed by atoms with Gasteiger partial charge in [-0.15, -0.1) is 10.2 Å². The minimum Gasteiger partial charge on any atom is -0.288 e. The molecule has 1 aromatic heterocycles. The van der Waals surface area contributed by atoms with Gasteiger partial charge in [-0.2, -0.15) is 0 Å². The average Bonchev–Trinajstić information content (AvgIpc) is 3.10. The number of non-ortho nitro benzene ring substituents is 1. The lowest BCUT2D eigenvalue weighted by molar-refractivity contribution is -0.384. The first kappa shape index (κ1) is 20.5. The number of rotatable bonds is 5. The molecule has 1 N–H and O–H groups in total. The number of benzene rings is 3. The second-order valence-electron chi connectivity index (χ2n) is 6.41. The van der Waals surface area contributed by atoms with Crippen molar-refractivity contribution in [3.05, 3.63) is 103 Å². The number of azo groups is 1. The molecule has 31 heavy (non-hydrogen) atoms. The minimum absolute atomic E-state index is 0.0653. The molecule has 154 valence electrons. The van der Waals surface area contributed by atoms with Crippen molar-refractivity contribution in [2.75, 3.05) is 0 Å². The molecule has 0 aliphatic heterocycles. The number of halogens is 2. The number of nitrogens with zero attached hydrogens (tertiary/aromatic N) is 4. The maximum absolute atomic E-state index is 13.1. The monoisotopic (exact) mass is 453 g/mol. The van der Waals surface area contributed by atoms with Gasteiger partial charge in [-0.1, -0.05) is 53.5 Å². The number of nitro benzene ring substituents is 1. The molecule has 10 heteroatoms. The van der Waals surface area contributed by atoms with E-state index in [2.05, 4.69) is 15.3 Å². The lowest BCUT2D eigenvalue weighted by Crippen LogP contribution is -2.13. The molecular weight excluding hydrogens is 441 g/mol. The zero-order chi connectivity index (χ0) is 22.0. The van der Waals surface area contributed by atoms with E-state index < -0.39 is 10.5 Å². The van der Waals surface area contributed by atoms with Crippen LogP contribution in [0.3, 0.4) is 0 Å². The molecule has 0 aliphatic rings. The molecule has 4 aromatic rings. The number of hydrogen-bond acceptors (Lipinski definition) is 5. The number of aromatic nitrogens is 2. The summed E-state index contributed by atoms with van der Waals surface area (Å²) in [4.78, 5) is 23.5. The highest BCUT2D eigenvalue weighted by Crippen LogP contribution is 2.32. The normalized spacial score (nSPS) is 11.2. The van der Waals surface area contributed by atoms with Crippen LogP contribution in [0.2, 0.25) is 10.0 Å². The molecule has 0 atom stereocenters. The van der Waals surface area contributed by atoms with Gasteiger partial charge in [0.15, 0.2) is 5.69 Å². The van der Waals surface area contributed by atoms with Crippen molar-refractivity contribution in [1.82, 2.24) is 9.78 Å². The van der Waals surface area contributed by atoms with Crippen LogP contribution in [0.15, 0.2) is 87.8 Å². The fourth-order valence-electron chi connectivity index (χ4n) is 2.90. The van der Waals surface area contributed by atoms with Crippen LogP contribution in [0.25, 0.3) is 16.9 Å². The second kappa shape index (κ2) is 8.55. The summed E-state index contributed by atoms with van der Waals surface area (Å²) in [6, 6.07) is 19.5. The number of nitrogens with one attached hydrogen (secondary N) is 1. The van der Waals surface area contributed by atoms with Gasteiger partial charge < -0.3 is 0 Å². The Morgan fingerprint density at radius 1 is 0.935 bits per heavy atom. The zero-order valence-electron chi connectivity index (χ0n) is 15.7. The Bertz CT molecular complexity index is 1350. The van der Waals surface area contributed by atoms with E-state index in [9.17, 15) is 14.9 Å². The molecule has 0 radical (unpaired) electrons. The van der Waals surface area contributed by atoms with Crippen LogP contribution in [-0.2, 0) is 0 Å². The summed E-state index contributed by atoms with van der Waals surface area (Å²) in [5.74, 6) is 0. The molecule has 0 fully saturated rings. The van der Waals surface area contributed by atoms with E-state index in [1.54, 1.807) is 12.1 Å². The molecule has 0 unspecified atom stereocenters. The van der Waals surface area contributed by atoms with Crippen LogP contribution in [0.1, 0.15) is 0 Å². The summed E-state index contributed by atoms with van der Waals surface area (Å²) in [5.41, 5.74) is 1.45. The lowest BCUT2D eigenvalue weighted by Gasteiger charge is -2.02. The van der Waals surface area contributed by atoms with Crippen molar-refractivity contribution in [3.63, 3.8) is 0 Å². The Morgan fingerprint density at radius 3 is 2.29 bits per heavy atom. The van der Waals surface area contributed by atoms with Gasteiger partial charge in [0.2, 0.25) is 0 Å². The SMILES string of the molecule is O=c1c(N=Nc2ccc(Cl)cc2Cl)c(-c2ccccc2)[nH]n1-c1ccc([N+](=O)[O-])cc1. The van der Waals surface area contributed by atoms with Gasteiger partial charge in [0.1, 0.15) is 5.69 Å². The van der Waals surface area contributed by atoms with E-state index in [0.717, 1.165) is 5.56 Å². The Hall–Kier alpha value is -3.75. The molecule has 0 aliphatic carbocycles. The molecular formula is C21H13Cl2N5O3. The largest absolute Gasteiger partial charge is 0.299 e. The molecule has 0 bridgehead atoms. The second-order valence-corrected chi connectivity index (χ2v) is 7.25. The molecule has 0 spiro atoms. The van der Waals surface area contributed by atoms with Crippen LogP contribution in [-0.4, -0.2) is 14.7 Å². The number of aromatic amines is 1. The van der Waals surface area contributed by atoms with Gasteiger partial charge in [0.25, 0.3) is 11.2 Å². The predicted molar refractivity (Wildman–Crippen MR) is 119 cm³/mol. The summed E-state index contributed by atoms with van der Waals surface area (Å²) in [5, 5.41) is 23.0. The minimum atomic E-state index is -0.508. The van der Waals surface area contributed by atoms with Gasteiger partial charge in [0.05, 0.1) is 21.3 Å². The van der Waals surface area contributed by atoms with Gasteiger partial charge >= 0.3 is 0 Å². The molecule has 0 saturated heterocycles. The van der Waals surface area contributed by atoms with Gasteiger partial charge in [-0.05, 0) is 30.3 Å². The van der Waals surface area contributed by atoms with E-state index in [1.807, 2.05) is 30.3 Å². The van der Waals surface area contributed by atoms with Crippen LogP contribution in [0.4, 0.5) is 17.1 Å². The van der Waals surface area contributed by atoms with E-state index in [1.165, 1.54) is 35.0 Å². The summed E-state index contributed by atoms with van der Waals surface area (Å²) < 4.78 is 1.25. The third-order valence-corrected chi connectivity index (χ3v) is 4.95. The summed E-state index contributed by atoms with van der Waals surface area (Å²) >= 11 is 12.1. The standard InChI is InChI=1S/C21H13Cl2N5O3/c22-14-6-11-18(17(23)12-14)24-25-20-19(13-4-2-1-3-5-13)26-27(21(20)29)15-7-9-16(10-8-15)28(30)31/h1-12,26H. The van der Waals surface area contributed by atoms with Crippen LogP contribution in [0, 0.1) is 10.1 Å². The Morgan fingerprint density at radius 2 is 1.65 bits per heavy atom. The van der Waals surface area contributed by atoms with Crippen molar-refractivity contribution in [3.8, 4) is 16.9 Å². The van der Waals surface area contributed by atoms with Crippen molar-refractivity contribution in [2.24, 2.45) is 10.2 Å². The van der Waals surface area contributed by atoms with Crippen molar-refractivity contribution in [2.45, 2.75) is 0 Å². The molecule has 8 nitrogen and oxygen atoms in total. The maximum Gasteiger partial charge on any atom is 0.299 e. The van der Waals surface area contributed by atoms with Gasteiger partial charge in [0, 0.05) is 22.7 Å². The molecule has 0 amide bonds. The fraction of sp³-hybridized carbons (Fsp3) is 0. The average molecular weight is 454 g/mol. The lowest BCUT2D eigenvalue weighted by atomic mass is 10.1. The Balaban J connectivity index is 1.84. The van der Waals surface area contributed by atoms with Crippen LogP contribution >= 0.6 is 23.2 Å². The highest BCUT2D eigenvalue weighted by atomic mass is 35.5. The first-order valence-corrected chi connectivity index (χ1v) is 9.71. The molecule has 3 aromatic carbocycles. The maximum atomic E-state index is 13.1. The summed E-state index contributed by atoms with van der Waals surface area (Å²) in [6.45, 7) is 0. The Labute approximate surface area is 185 Å². The molecule has 1 heterocycles. The zero-order valence-corrected chi connectivity index (χ0v) is 17.2.